The molecule has 0 amide bonds. The van der Waals surface area contributed by atoms with E-state index in [1.54, 1.807) is 13.0 Å². The Morgan fingerprint density at radius 1 is 1.29 bits per heavy atom. The minimum atomic E-state index is -0.551. The lowest BCUT2D eigenvalue weighted by Gasteiger charge is -2.00. The molecule has 0 unspecified atom stereocenters. The summed E-state index contributed by atoms with van der Waals surface area (Å²) in [6, 6.07) is 7.27. The quantitative estimate of drug-likeness (QED) is 0.586. The van der Waals surface area contributed by atoms with E-state index in [0.29, 0.717) is 18.6 Å². The van der Waals surface area contributed by atoms with Gasteiger partial charge in [0.15, 0.2) is 0 Å². The van der Waals surface area contributed by atoms with Crippen LogP contribution < -0.4 is 0 Å². The molecule has 0 N–H and O–H groups in total. The first kappa shape index (κ1) is 13.0. The number of ketones is 1. The molecule has 1 aromatic rings. The molecular formula is C14H14O3. The zero-order valence-electron chi connectivity index (χ0n) is 9.95. The van der Waals surface area contributed by atoms with E-state index in [2.05, 4.69) is 11.8 Å². The van der Waals surface area contributed by atoms with E-state index in [1.165, 1.54) is 6.92 Å². The van der Waals surface area contributed by atoms with Gasteiger partial charge in [0.2, 0.25) is 0 Å². The topological polar surface area (TPSA) is 43.4 Å². The molecule has 0 radical (unpaired) electrons. The van der Waals surface area contributed by atoms with Crippen molar-refractivity contribution in [1.29, 1.82) is 0 Å². The van der Waals surface area contributed by atoms with Gasteiger partial charge in [-0.25, -0.2) is 4.79 Å². The Morgan fingerprint density at radius 3 is 2.65 bits per heavy atom. The summed E-state index contributed by atoms with van der Waals surface area (Å²) < 4.78 is 4.71. The monoisotopic (exact) mass is 230 g/mol. The SMILES string of the molecule is CCOC(=O)C#Cc1ccccc1CC(C)=O. The Morgan fingerprint density at radius 2 is 2.00 bits per heavy atom. The van der Waals surface area contributed by atoms with E-state index in [0.717, 1.165) is 5.56 Å². The minimum Gasteiger partial charge on any atom is -0.456 e. The van der Waals surface area contributed by atoms with Gasteiger partial charge in [0.1, 0.15) is 5.78 Å². The second-order valence-electron chi connectivity index (χ2n) is 3.51. The van der Waals surface area contributed by atoms with Gasteiger partial charge in [-0.15, -0.1) is 0 Å². The molecule has 0 aliphatic rings. The van der Waals surface area contributed by atoms with Crippen LogP contribution in [-0.4, -0.2) is 18.4 Å². The number of rotatable bonds is 3. The molecule has 0 saturated carbocycles. The van der Waals surface area contributed by atoms with Crippen molar-refractivity contribution in [1.82, 2.24) is 0 Å². The van der Waals surface area contributed by atoms with Crippen LogP contribution >= 0.6 is 0 Å². The Hall–Kier alpha value is -2.08. The van der Waals surface area contributed by atoms with Crippen LogP contribution in [0.5, 0.6) is 0 Å². The lowest BCUT2D eigenvalue weighted by Crippen LogP contribution is -2.01. The van der Waals surface area contributed by atoms with Crippen molar-refractivity contribution in [3.05, 3.63) is 35.4 Å². The van der Waals surface area contributed by atoms with Crippen LogP contribution in [0.25, 0.3) is 0 Å². The third-order valence-electron chi connectivity index (χ3n) is 2.03. The van der Waals surface area contributed by atoms with Crippen molar-refractivity contribution in [2.75, 3.05) is 6.61 Å². The summed E-state index contributed by atoms with van der Waals surface area (Å²) in [6.45, 7) is 3.56. The lowest BCUT2D eigenvalue weighted by atomic mass is 10.0. The van der Waals surface area contributed by atoms with E-state index in [1.807, 2.05) is 18.2 Å². The maximum atomic E-state index is 11.1. The standard InChI is InChI=1S/C14H14O3/c1-3-17-14(16)9-8-12-6-4-5-7-13(12)10-11(2)15/h4-7H,3,10H2,1-2H3. The maximum Gasteiger partial charge on any atom is 0.384 e. The molecule has 0 saturated heterocycles. The van der Waals surface area contributed by atoms with Gasteiger partial charge in [0, 0.05) is 17.9 Å². The summed E-state index contributed by atoms with van der Waals surface area (Å²) in [6.07, 6.45) is 0.327. The Labute approximate surface area is 101 Å². The Bertz CT molecular complexity index is 478. The van der Waals surface area contributed by atoms with E-state index >= 15 is 0 Å². The summed E-state index contributed by atoms with van der Waals surface area (Å²) in [5.41, 5.74) is 1.52. The number of hydrogen-bond donors (Lipinski definition) is 0. The molecule has 3 nitrogen and oxygen atoms in total. The number of carbonyl (C=O) groups excluding carboxylic acids is 2. The average molecular weight is 230 g/mol. The van der Waals surface area contributed by atoms with Crippen LogP contribution in [0.3, 0.4) is 0 Å². The predicted molar refractivity (Wildman–Crippen MR) is 64.3 cm³/mol. The molecule has 1 rings (SSSR count). The smallest absolute Gasteiger partial charge is 0.384 e. The highest BCUT2D eigenvalue weighted by molar-refractivity contribution is 5.89. The van der Waals surface area contributed by atoms with Crippen molar-refractivity contribution in [3.63, 3.8) is 0 Å². The van der Waals surface area contributed by atoms with E-state index in [9.17, 15) is 9.59 Å². The third-order valence-corrected chi connectivity index (χ3v) is 2.03. The molecule has 0 heterocycles. The molecule has 88 valence electrons. The molecule has 0 spiro atoms. The molecule has 1 aromatic carbocycles. The largest absolute Gasteiger partial charge is 0.456 e. The molecule has 0 aromatic heterocycles. The van der Waals surface area contributed by atoms with Gasteiger partial charge in [0.25, 0.3) is 0 Å². The highest BCUT2D eigenvalue weighted by Gasteiger charge is 2.02. The van der Waals surface area contributed by atoms with Crippen molar-refractivity contribution in [2.45, 2.75) is 20.3 Å². The maximum absolute atomic E-state index is 11.1. The van der Waals surface area contributed by atoms with Crippen LogP contribution in [0.1, 0.15) is 25.0 Å². The molecule has 3 heteroatoms. The summed E-state index contributed by atoms with van der Waals surface area (Å²) in [5, 5.41) is 0. The summed E-state index contributed by atoms with van der Waals surface area (Å²) in [7, 11) is 0. The first-order valence-corrected chi connectivity index (χ1v) is 5.39. The normalized spacial score (nSPS) is 9.06. The fourth-order valence-electron chi connectivity index (χ4n) is 1.35. The van der Waals surface area contributed by atoms with E-state index in [-0.39, 0.29) is 5.78 Å². The van der Waals surface area contributed by atoms with Gasteiger partial charge in [-0.05, 0) is 25.5 Å². The van der Waals surface area contributed by atoms with Crippen LogP contribution in [0.2, 0.25) is 0 Å². The molecule has 0 atom stereocenters. The highest BCUT2D eigenvalue weighted by atomic mass is 16.5. The zero-order chi connectivity index (χ0) is 12.7. The van der Waals surface area contributed by atoms with Gasteiger partial charge in [-0.2, -0.15) is 0 Å². The van der Waals surface area contributed by atoms with Crippen molar-refractivity contribution < 1.29 is 14.3 Å². The number of Topliss-reactive ketones (excluding diaryl/α,β-unsaturated/α-hetero) is 1. The van der Waals surface area contributed by atoms with Crippen LogP contribution in [0.4, 0.5) is 0 Å². The van der Waals surface area contributed by atoms with Crippen molar-refractivity contribution in [3.8, 4) is 11.8 Å². The van der Waals surface area contributed by atoms with Gasteiger partial charge in [0.05, 0.1) is 6.61 Å². The Balaban J connectivity index is 2.90. The fraction of sp³-hybridized carbons (Fsp3) is 0.286. The number of benzene rings is 1. The zero-order valence-corrected chi connectivity index (χ0v) is 9.95. The lowest BCUT2D eigenvalue weighted by molar-refractivity contribution is -0.136. The first-order chi connectivity index (χ1) is 8.13. The minimum absolute atomic E-state index is 0.0652. The highest BCUT2D eigenvalue weighted by Crippen LogP contribution is 2.08. The van der Waals surface area contributed by atoms with Gasteiger partial charge in [-0.3, -0.25) is 4.79 Å². The summed E-state index contributed by atoms with van der Waals surface area (Å²) in [5.74, 6) is 4.63. The molecule has 17 heavy (non-hydrogen) atoms. The fourth-order valence-corrected chi connectivity index (χ4v) is 1.35. The van der Waals surface area contributed by atoms with Gasteiger partial charge in [-0.1, -0.05) is 24.1 Å². The van der Waals surface area contributed by atoms with Crippen LogP contribution in [-0.2, 0) is 20.7 Å². The number of carbonyl (C=O) groups is 2. The predicted octanol–water partition coefficient (Wildman–Crippen LogP) is 1.73. The number of hydrogen-bond acceptors (Lipinski definition) is 3. The van der Waals surface area contributed by atoms with Crippen LogP contribution in [0, 0.1) is 11.8 Å². The molecule has 0 aliphatic heterocycles. The van der Waals surface area contributed by atoms with Crippen molar-refractivity contribution >= 4 is 11.8 Å². The van der Waals surface area contributed by atoms with Crippen LogP contribution in [0.15, 0.2) is 24.3 Å². The average Bonchev–Trinajstić information content (AvgIpc) is 2.27. The van der Waals surface area contributed by atoms with E-state index in [4.69, 9.17) is 4.74 Å². The molecule has 0 aliphatic carbocycles. The van der Waals surface area contributed by atoms with Crippen molar-refractivity contribution in [2.24, 2.45) is 0 Å². The number of esters is 1. The van der Waals surface area contributed by atoms with Gasteiger partial charge < -0.3 is 4.74 Å². The molecular weight excluding hydrogens is 216 g/mol. The van der Waals surface area contributed by atoms with Gasteiger partial charge >= 0.3 is 5.97 Å². The third kappa shape index (κ3) is 4.52. The second kappa shape index (κ2) is 6.49. The molecule has 0 fully saturated rings. The second-order valence-corrected chi connectivity index (χ2v) is 3.51. The molecule has 0 bridgehead atoms. The number of ether oxygens (including phenoxy) is 1. The summed E-state index contributed by atoms with van der Waals surface area (Å²) >= 11 is 0. The van der Waals surface area contributed by atoms with E-state index < -0.39 is 5.97 Å². The Kier molecular flexibility index (Phi) is 4.96. The first-order valence-electron chi connectivity index (χ1n) is 5.39. The summed E-state index contributed by atoms with van der Waals surface area (Å²) in [4.78, 5) is 22.2.